The molecule has 76 valence electrons. The zero-order valence-electron chi connectivity index (χ0n) is 7.78. The Kier molecular flexibility index (Phi) is 2.51. The molecule has 0 unspecified atom stereocenters. The van der Waals surface area contributed by atoms with Gasteiger partial charge in [0.1, 0.15) is 5.75 Å². The van der Waals surface area contributed by atoms with Gasteiger partial charge in [0, 0.05) is 18.8 Å². The van der Waals surface area contributed by atoms with Gasteiger partial charge < -0.3 is 10.0 Å². The monoisotopic (exact) mass is 195 g/mol. The summed E-state index contributed by atoms with van der Waals surface area (Å²) in [5.41, 5.74) is 12.3. The summed E-state index contributed by atoms with van der Waals surface area (Å²) < 4.78 is 0. The second kappa shape index (κ2) is 3.81. The number of hydrogen-bond acceptors (Lipinski definition) is 6. The number of nitrogens with zero attached hydrogens (tertiary/aromatic N) is 1. The van der Waals surface area contributed by atoms with E-state index in [-0.39, 0.29) is 12.0 Å². The highest BCUT2D eigenvalue weighted by atomic mass is 16.3. The smallest absolute Gasteiger partial charge is 0.162 e. The highest BCUT2D eigenvalue weighted by Crippen LogP contribution is 2.19. The molecule has 5 N–H and O–H groups in total. The number of rotatable bonds is 2. The molecule has 1 aliphatic heterocycles. The van der Waals surface area contributed by atoms with E-state index >= 15 is 0 Å². The normalized spacial score (nSPS) is 17.2. The van der Waals surface area contributed by atoms with Gasteiger partial charge in [0.2, 0.25) is 0 Å². The van der Waals surface area contributed by atoms with E-state index in [2.05, 4.69) is 21.9 Å². The molecule has 0 aromatic heterocycles. The minimum Gasteiger partial charge on any atom is -0.508 e. The maximum Gasteiger partial charge on any atom is 0.162 e. The van der Waals surface area contributed by atoms with Gasteiger partial charge in [0.05, 0.1) is 0 Å². The quantitative estimate of drug-likeness (QED) is 0.427. The fraction of sp³-hybridized carbons (Fsp3) is 0.250. The highest BCUT2D eigenvalue weighted by Gasteiger charge is 2.17. The van der Waals surface area contributed by atoms with Crippen LogP contribution in [-0.2, 0) is 0 Å². The summed E-state index contributed by atoms with van der Waals surface area (Å²) in [6.07, 6.45) is -0.0585. The van der Waals surface area contributed by atoms with Crippen molar-refractivity contribution in [3.8, 4) is 5.75 Å². The number of phenolic OH excluding ortho intramolecular Hbond substituents is 1. The molecule has 14 heavy (non-hydrogen) atoms. The molecule has 0 atom stereocenters. The summed E-state index contributed by atoms with van der Waals surface area (Å²) in [5.74, 6) is 0.258. The van der Waals surface area contributed by atoms with Gasteiger partial charge in [-0.05, 0) is 12.1 Å². The van der Waals surface area contributed by atoms with Gasteiger partial charge >= 0.3 is 0 Å². The molecule has 0 aliphatic carbocycles. The first-order valence-electron chi connectivity index (χ1n) is 4.30. The van der Waals surface area contributed by atoms with E-state index < -0.39 is 0 Å². The average Bonchev–Trinajstić information content (AvgIpc) is 2.69. The lowest BCUT2D eigenvalue weighted by atomic mass is 10.3. The first-order chi connectivity index (χ1) is 6.77. The Morgan fingerprint density at radius 2 is 2.00 bits per heavy atom. The Labute approximate surface area is 81.8 Å². The Hall–Kier alpha value is -1.34. The zero-order valence-corrected chi connectivity index (χ0v) is 7.78. The third-order valence-electron chi connectivity index (χ3n) is 2.10. The first-order valence-corrected chi connectivity index (χ1v) is 4.30. The van der Waals surface area contributed by atoms with Crippen molar-refractivity contribution in [2.45, 2.75) is 6.29 Å². The summed E-state index contributed by atoms with van der Waals surface area (Å²) in [6, 6.07) is 7.06. The maximum absolute atomic E-state index is 9.31. The standard InChI is InChI=1S/C8H13N5O/c1-13(8-9-11-12-10-8)6-3-2-4-7(14)5-6/h2-5,8-12,14H,1H3. The molecule has 0 radical (unpaired) electrons. The molecule has 6 heteroatoms. The van der Waals surface area contributed by atoms with Crippen molar-refractivity contribution < 1.29 is 5.11 Å². The number of nitrogens with one attached hydrogen (secondary N) is 4. The number of aromatic hydroxyl groups is 1. The van der Waals surface area contributed by atoms with Crippen LogP contribution < -0.4 is 26.8 Å². The number of benzene rings is 1. The fourth-order valence-electron chi connectivity index (χ4n) is 1.30. The van der Waals surface area contributed by atoms with E-state index in [0.29, 0.717) is 0 Å². The predicted molar refractivity (Wildman–Crippen MR) is 52.8 cm³/mol. The van der Waals surface area contributed by atoms with Gasteiger partial charge in [-0.15, -0.1) is 0 Å². The predicted octanol–water partition coefficient (Wildman–Crippen LogP) is -0.771. The Morgan fingerprint density at radius 1 is 1.29 bits per heavy atom. The van der Waals surface area contributed by atoms with Crippen molar-refractivity contribution >= 4 is 5.69 Å². The molecule has 1 saturated heterocycles. The number of anilines is 1. The zero-order chi connectivity index (χ0) is 9.97. The largest absolute Gasteiger partial charge is 0.508 e. The van der Waals surface area contributed by atoms with E-state index in [0.717, 1.165) is 5.69 Å². The lowest BCUT2D eigenvalue weighted by Crippen LogP contribution is -2.48. The van der Waals surface area contributed by atoms with Gasteiger partial charge in [-0.25, -0.2) is 10.9 Å². The molecule has 0 saturated carbocycles. The second-order valence-corrected chi connectivity index (χ2v) is 3.07. The van der Waals surface area contributed by atoms with Crippen LogP contribution in [0.25, 0.3) is 0 Å². The first kappa shape index (κ1) is 9.22. The molecule has 0 bridgehead atoms. The van der Waals surface area contributed by atoms with Crippen LogP contribution in [0.4, 0.5) is 5.69 Å². The SMILES string of the molecule is CN(c1cccc(O)c1)C1NNNN1. The van der Waals surface area contributed by atoms with E-state index in [1.807, 2.05) is 18.0 Å². The van der Waals surface area contributed by atoms with Crippen molar-refractivity contribution in [3.63, 3.8) is 0 Å². The molecule has 1 aromatic rings. The van der Waals surface area contributed by atoms with Crippen LogP contribution in [0, 0.1) is 0 Å². The van der Waals surface area contributed by atoms with Crippen LogP contribution in [0.2, 0.25) is 0 Å². The number of phenols is 1. The van der Waals surface area contributed by atoms with Crippen LogP contribution in [0.5, 0.6) is 5.75 Å². The van der Waals surface area contributed by atoms with Gasteiger partial charge in [0.25, 0.3) is 0 Å². The maximum atomic E-state index is 9.31. The number of hydrogen-bond donors (Lipinski definition) is 5. The molecule has 1 heterocycles. The van der Waals surface area contributed by atoms with Crippen molar-refractivity contribution in [1.82, 2.24) is 21.9 Å². The Morgan fingerprint density at radius 3 is 2.64 bits per heavy atom. The molecule has 1 aliphatic rings. The molecule has 6 nitrogen and oxygen atoms in total. The highest BCUT2D eigenvalue weighted by molar-refractivity contribution is 5.50. The van der Waals surface area contributed by atoms with Gasteiger partial charge in [-0.1, -0.05) is 6.07 Å². The van der Waals surface area contributed by atoms with E-state index in [9.17, 15) is 5.11 Å². The molecule has 2 rings (SSSR count). The Bertz CT molecular complexity index is 312. The molecule has 0 amide bonds. The van der Waals surface area contributed by atoms with Crippen LogP contribution >= 0.6 is 0 Å². The van der Waals surface area contributed by atoms with Crippen LogP contribution in [-0.4, -0.2) is 18.4 Å². The second-order valence-electron chi connectivity index (χ2n) is 3.07. The van der Waals surface area contributed by atoms with Crippen molar-refractivity contribution in [2.24, 2.45) is 0 Å². The fourth-order valence-corrected chi connectivity index (χ4v) is 1.30. The van der Waals surface area contributed by atoms with Gasteiger partial charge in [-0.2, -0.15) is 11.1 Å². The van der Waals surface area contributed by atoms with Crippen LogP contribution in [0.1, 0.15) is 0 Å². The summed E-state index contributed by atoms with van der Waals surface area (Å²) >= 11 is 0. The summed E-state index contributed by atoms with van der Waals surface area (Å²) in [5, 5.41) is 9.31. The van der Waals surface area contributed by atoms with Crippen molar-refractivity contribution in [3.05, 3.63) is 24.3 Å². The van der Waals surface area contributed by atoms with E-state index in [1.54, 1.807) is 18.2 Å². The molecule has 1 fully saturated rings. The van der Waals surface area contributed by atoms with Crippen molar-refractivity contribution in [1.29, 1.82) is 0 Å². The molecule has 1 aromatic carbocycles. The van der Waals surface area contributed by atoms with Crippen molar-refractivity contribution in [2.75, 3.05) is 11.9 Å². The summed E-state index contributed by atoms with van der Waals surface area (Å²) in [7, 11) is 1.91. The van der Waals surface area contributed by atoms with E-state index in [4.69, 9.17) is 0 Å². The third-order valence-corrected chi connectivity index (χ3v) is 2.10. The topological polar surface area (TPSA) is 71.6 Å². The minimum atomic E-state index is -0.0585. The average molecular weight is 195 g/mol. The summed E-state index contributed by atoms with van der Waals surface area (Å²) in [4.78, 5) is 1.94. The molecular weight excluding hydrogens is 182 g/mol. The molecular formula is C8H13N5O. The lowest BCUT2D eigenvalue weighted by Gasteiger charge is -2.25. The van der Waals surface area contributed by atoms with Crippen LogP contribution in [0.15, 0.2) is 24.3 Å². The lowest BCUT2D eigenvalue weighted by molar-refractivity contribution is 0.473. The van der Waals surface area contributed by atoms with Gasteiger partial charge in [0.15, 0.2) is 6.29 Å². The Balaban J connectivity index is 2.13. The number of hydrazine groups is 3. The minimum absolute atomic E-state index is 0.0585. The third kappa shape index (κ3) is 1.78. The van der Waals surface area contributed by atoms with Crippen LogP contribution in [0.3, 0.4) is 0 Å². The molecule has 0 spiro atoms. The summed E-state index contributed by atoms with van der Waals surface area (Å²) in [6.45, 7) is 0. The van der Waals surface area contributed by atoms with E-state index in [1.165, 1.54) is 0 Å². The van der Waals surface area contributed by atoms with Gasteiger partial charge in [-0.3, -0.25) is 0 Å².